The lowest BCUT2D eigenvalue weighted by molar-refractivity contribution is -0.119. The van der Waals surface area contributed by atoms with Crippen molar-refractivity contribution in [1.82, 2.24) is 20.2 Å². The first-order valence-corrected chi connectivity index (χ1v) is 14.3. The number of nitrogens with one attached hydrogen (secondary N) is 1. The number of rotatable bonds is 12. The van der Waals surface area contributed by atoms with Gasteiger partial charge in [0.2, 0.25) is 0 Å². The summed E-state index contributed by atoms with van der Waals surface area (Å²) in [4.78, 5) is 37.4. The van der Waals surface area contributed by atoms with Crippen LogP contribution in [0.15, 0.2) is 54.9 Å². The van der Waals surface area contributed by atoms with E-state index in [1.807, 2.05) is 49.5 Å². The number of carbonyl (C=O) groups is 2. The number of anilines is 1. The van der Waals surface area contributed by atoms with Gasteiger partial charge < -0.3 is 25.6 Å². The Balaban J connectivity index is 1.33. The van der Waals surface area contributed by atoms with Crippen molar-refractivity contribution >= 4 is 17.5 Å². The van der Waals surface area contributed by atoms with E-state index >= 15 is 0 Å². The number of primary amides is 1. The van der Waals surface area contributed by atoms with E-state index in [9.17, 15) is 9.59 Å². The average molecular weight is 570 g/mol. The highest BCUT2D eigenvalue weighted by molar-refractivity contribution is 5.96. The molecule has 3 aromatic rings. The van der Waals surface area contributed by atoms with Crippen LogP contribution in [0.3, 0.4) is 0 Å². The van der Waals surface area contributed by atoms with Crippen molar-refractivity contribution in [3.8, 4) is 11.8 Å². The number of ether oxygens (including phenoxy) is 1. The van der Waals surface area contributed by atoms with Crippen molar-refractivity contribution in [2.75, 3.05) is 31.1 Å². The van der Waals surface area contributed by atoms with Gasteiger partial charge in [-0.05, 0) is 87.6 Å². The summed E-state index contributed by atoms with van der Waals surface area (Å²) in [6.45, 7) is 8.89. The minimum absolute atomic E-state index is 0.148. The molecule has 220 valence electrons. The van der Waals surface area contributed by atoms with Gasteiger partial charge in [0.1, 0.15) is 17.5 Å². The Hall–Kier alpha value is -4.49. The highest BCUT2D eigenvalue weighted by Gasteiger charge is 2.27. The Morgan fingerprint density at radius 1 is 1.21 bits per heavy atom. The molecule has 1 fully saturated rings. The molecule has 4 rings (SSSR count). The maximum Gasteiger partial charge on any atom is 0.255 e. The molecule has 2 amide bonds. The predicted molar refractivity (Wildman–Crippen MR) is 161 cm³/mol. The molecule has 10 nitrogen and oxygen atoms in total. The van der Waals surface area contributed by atoms with Crippen molar-refractivity contribution in [2.24, 2.45) is 5.73 Å². The van der Waals surface area contributed by atoms with Gasteiger partial charge in [0.15, 0.2) is 6.61 Å². The standard InChI is InChI=1S/C32H39N7O3/c1-22-17-26(18-33)37-24(3)31(22)32(41)36-14-10-23(2)38-15-11-28(12-16-38)39(20-25-5-4-13-35-19-25)27-6-8-29(9-7-27)42-21-30(34)40/h4-9,13,17,19,23,28H,10-12,14-16,20-21H2,1-3H3,(H2,34,40)(H,36,41). The third kappa shape index (κ3) is 8.04. The quantitative estimate of drug-likeness (QED) is 0.338. The molecular weight excluding hydrogens is 530 g/mol. The molecule has 0 radical (unpaired) electrons. The summed E-state index contributed by atoms with van der Waals surface area (Å²) in [5.74, 6) is -0.0465. The minimum Gasteiger partial charge on any atom is -0.484 e. The van der Waals surface area contributed by atoms with Gasteiger partial charge >= 0.3 is 0 Å². The molecule has 1 saturated heterocycles. The maximum absolute atomic E-state index is 12.8. The molecule has 0 spiro atoms. The first-order valence-electron chi connectivity index (χ1n) is 14.3. The molecular formula is C32H39N7O3. The Morgan fingerprint density at radius 3 is 2.57 bits per heavy atom. The van der Waals surface area contributed by atoms with Crippen LogP contribution in [0.4, 0.5) is 5.69 Å². The molecule has 0 bridgehead atoms. The smallest absolute Gasteiger partial charge is 0.255 e. The number of hydrogen-bond acceptors (Lipinski definition) is 8. The zero-order chi connectivity index (χ0) is 30.1. The van der Waals surface area contributed by atoms with E-state index < -0.39 is 5.91 Å². The largest absolute Gasteiger partial charge is 0.484 e. The fourth-order valence-electron chi connectivity index (χ4n) is 5.54. The van der Waals surface area contributed by atoms with Crippen LogP contribution < -0.4 is 20.7 Å². The number of nitrogens with zero attached hydrogens (tertiary/aromatic N) is 5. The summed E-state index contributed by atoms with van der Waals surface area (Å²) in [6.07, 6.45) is 6.53. The van der Waals surface area contributed by atoms with Gasteiger partial charge in [0.25, 0.3) is 11.8 Å². The van der Waals surface area contributed by atoms with Gasteiger partial charge in [-0.3, -0.25) is 14.6 Å². The molecule has 1 atom stereocenters. The van der Waals surface area contributed by atoms with E-state index in [2.05, 4.69) is 38.1 Å². The fourth-order valence-corrected chi connectivity index (χ4v) is 5.54. The van der Waals surface area contributed by atoms with Gasteiger partial charge in [0, 0.05) is 56.3 Å². The summed E-state index contributed by atoms with van der Waals surface area (Å²) >= 11 is 0. The van der Waals surface area contributed by atoms with Crippen molar-refractivity contribution in [3.63, 3.8) is 0 Å². The highest BCUT2D eigenvalue weighted by Crippen LogP contribution is 2.28. The van der Waals surface area contributed by atoms with Crippen molar-refractivity contribution in [3.05, 3.63) is 82.9 Å². The molecule has 2 aromatic heterocycles. The van der Waals surface area contributed by atoms with E-state index in [-0.39, 0.29) is 12.5 Å². The maximum atomic E-state index is 12.8. The normalized spacial score (nSPS) is 14.5. The Labute approximate surface area is 247 Å². The summed E-state index contributed by atoms with van der Waals surface area (Å²) < 4.78 is 5.45. The minimum atomic E-state index is -0.505. The number of aryl methyl sites for hydroxylation is 2. The Morgan fingerprint density at radius 2 is 1.95 bits per heavy atom. The monoisotopic (exact) mass is 569 g/mol. The molecule has 1 aliphatic rings. The zero-order valence-corrected chi connectivity index (χ0v) is 24.5. The van der Waals surface area contributed by atoms with E-state index in [1.165, 1.54) is 0 Å². The first kappa shape index (κ1) is 30.5. The molecule has 3 heterocycles. The second-order valence-corrected chi connectivity index (χ2v) is 10.8. The number of amides is 2. The molecule has 0 saturated carbocycles. The van der Waals surface area contributed by atoms with E-state index in [0.717, 1.165) is 55.7 Å². The second kappa shape index (κ2) is 14.4. The van der Waals surface area contributed by atoms with Crippen LogP contribution in [-0.4, -0.2) is 65.0 Å². The van der Waals surface area contributed by atoms with E-state index in [0.29, 0.717) is 41.3 Å². The third-order valence-corrected chi connectivity index (χ3v) is 7.78. The van der Waals surface area contributed by atoms with Gasteiger partial charge in [-0.15, -0.1) is 0 Å². The lowest BCUT2D eigenvalue weighted by Gasteiger charge is -2.42. The molecule has 1 unspecified atom stereocenters. The number of hydrogen-bond donors (Lipinski definition) is 2. The van der Waals surface area contributed by atoms with Crippen molar-refractivity contribution in [1.29, 1.82) is 5.26 Å². The lowest BCUT2D eigenvalue weighted by atomic mass is 9.99. The average Bonchev–Trinajstić information content (AvgIpc) is 2.99. The van der Waals surface area contributed by atoms with Crippen molar-refractivity contribution < 1.29 is 14.3 Å². The highest BCUT2D eigenvalue weighted by atomic mass is 16.5. The third-order valence-electron chi connectivity index (χ3n) is 7.78. The van der Waals surface area contributed by atoms with Crippen LogP contribution in [0.2, 0.25) is 0 Å². The zero-order valence-electron chi connectivity index (χ0n) is 24.5. The fraction of sp³-hybridized carbons (Fsp3) is 0.406. The second-order valence-electron chi connectivity index (χ2n) is 10.8. The van der Waals surface area contributed by atoms with Crippen LogP contribution in [0.5, 0.6) is 5.75 Å². The number of nitriles is 1. The summed E-state index contributed by atoms with van der Waals surface area (Å²) in [6, 6.07) is 16.2. The number of benzene rings is 1. The molecule has 1 aliphatic heterocycles. The summed E-state index contributed by atoms with van der Waals surface area (Å²) in [5, 5.41) is 12.2. The molecule has 10 heteroatoms. The molecule has 42 heavy (non-hydrogen) atoms. The molecule has 3 N–H and O–H groups in total. The van der Waals surface area contributed by atoms with Gasteiger partial charge in [-0.1, -0.05) is 6.07 Å². The Bertz CT molecular complexity index is 1370. The van der Waals surface area contributed by atoms with E-state index in [1.54, 1.807) is 19.2 Å². The molecule has 0 aliphatic carbocycles. The van der Waals surface area contributed by atoms with Crippen LogP contribution in [0.1, 0.15) is 59.1 Å². The lowest BCUT2D eigenvalue weighted by Crippen LogP contribution is -2.48. The van der Waals surface area contributed by atoms with Crippen LogP contribution in [0.25, 0.3) is 0 Å². The number of piperidine rings is 1. The van der Waals surface area contributed by atoms with Crippen molar-refractivity contribution in [2.45, 2.75) is 58.7 Å². The number of pyridine rings is 2. The number of aromatic nitrogens is 2. The summed E-state index contributed by atoms with van der Waals surface area (Å²) in [5.41, 5.74) is 9.63. The topological polar surface area (TPSA) is 137 Å². The van der Waals surface area contributed by atoms with Crippen LogP contribution >= 0.6 is 0 Å². The molecule has 1 aromatic carbocycles. The van der Waals surface area contributed by atoms with Crippen LogP contribution in [0, 0.1) is 25.2 Å². The van der Waals surface area contributed by atoms with Gasteiger partial charge in [-0.2, -0.15) is 5.26 Å². The van der Waals surface area contributed by atoms with E-state index in [4.69, 9.17) is 15.7 Å². The van der Waals surface area contributed by atoms with Gasteiger partial charge in [0.05, 0.1) is 11.3 Å². The first-order chi connectivity index (χ1) is 20.2. The Kier molecular flexibility index (Phi) is 10.5. The van der Waals surface area contributed by atoms with Crippen LogP contribution in [-0.2, 0) is 11.3 Å². The summed E-state index contributed by atoms with van der Waals surface area (Å²) in [7, 11) is 0. The number of likely N-dealkylation sites (tertiary alicyclic amines) is 1. The van der Waals surface area contributed by atoms with Gasteiger partial charge in [-0.25, -0.2) is 4.98 Å². The SMILES string of the molecule is Cc1cc(C#N)nc(C)c1C(=O)NCCC(C)N1CCC(N(Cc2cccnc2)c2ccc(OCC(N)=O)cc2)CC1. The number of carbonyl (C=O) groups excluding carboxylic acids is 2. The predicted octanol–water partition coefficient (Wildman–Crippen LogP) is 3.51. The number of nitrogens with two attached hydrogens (primary N) is 1.